The van der Waals surface area contributed by atoms with Crippen LogP contribution in [0.2, 0.25) is 0 Å². The maximum absolute atomic E-state index is 6.00. The first-order valence-corrected chi connectivity index (χ1v) is 10.4. The lowest BCUT2D eigenvalue weighted by Gasteiger charge is -2.37. The molecule has 2 heteroatoms. The number of rotatable bonds is 4. The number of hydrogen-bond donors (Lipinski definition) is 0. The standard InChI is InChI=1S/C26H25NO/c1-2-8-19(9-3-1)28-15-14-27-17-25-21-11-5-4-10-20(21)23-16-26(25,18-27)24-13-7-6-12-22(23)24/h1-13,23,25H,14-18H2. The number of fused-ring (bicyclic) bond motifs is 3. The van der Waals surface area contributed by atoms with Crippen molar-refractivity contribution in [2.75, 3.05) is 26.2 Å². The Kier molecular flexibility index (Phi) is 3.64. The molecule has 28 heavy (non-hydrogen) atoms. The molecular weight excluding hydrogens is 342 g/mol. The van der Waals surface area contributed by atoms with E-state index in [4.69, 9.17) is 4.74 Å². The van der Waals surface area contributed by atoms with Gasteiger partial charge >= 0.3 is 0 Å². The Balaban J connectivity index is 1.31. The van der Waals surface area contributed by atoms with Crippen LogP contribution in [0.4, 0.5) is 0 Å². The molecule has 3 aliphatic rings. The summed E-state index contributed by atoms with van der Waals surface area (Å²) < 4.78 is 6.00. The molecule has 1 aliphatic heterocycles. The summed E-state index contributed by atoms with van der Waals surface area (Å²) in [5.41, 5.74) is 6.60. The molecule has 0 N–H and O–H groups in total. The predicted molar refractivity (Wildman–Crippen MR) is 112 cm³/mol. The maximum Gasteiger partial charge on any atom is 0.119 e. The molecule has 3 atom stereocenters. The van der Waals surface area contributed by atoms with E-state index in [1.54, 1.807) is 22.3 Å². The van der Waals surface area contributed by atoms with Crippen molar-refractivity contribution in [3.05, 3.63) is 101 Å². The average Bonchev–Trinajstić information content (AvgIpc) is 3.27. The molecule has 0 radical (unpaired) electrons. The van der Waals surface area contributed by atoms with Crippen molar-refractivity contribution >= 4 is 0 Å². The van der Waals surface area contributed by atoms with Crippen molar-refractivity contribution in [2.45, 2.75) is 23.7 Å². The molecule has 2 aliphatic carbocycles. The number of nitrogens with zero attached hydrogens (tertiary/aromatic N) is 1. The summed E-state index contributed by atoms with van der Waals surface area (Å²) in [6.45, 7) is 4.02. The molecule has 2 nitrogen and oxygen atoms in total. The minimum absolute atomic E-state index is 0.280. The number of likely N-dealkylation sites (tertiary alicyclic amines) is 1. The van der Waals surface area contributed by atoms with Crippen LogP contribution in [0.25, 0.3) is 0 Å². The summed E-state index contributed by atoms with van der Waals surface area (Å²) in [5.74, 6) is 2.14. The second-order valence-corrected chi connectivity index (χ2v) is 8.58. The summed E-state index contributed by atoms with van der Waals surface area (Å²) in [5, 5.41) is 0. The van der Waals surface area contributed by atoms with E-state index in [0.29, 0.717) is 11.8 Å². The molecule has 140 valence electrons. The molecule has 6 rings (SSSR count). The SMILES string of the molecule is c1ccc(OCCN2CC3c4ccccc4C4CC3(C2)c2ccccc24)cc1. The van der Waals surface area contributed by atoms with Crippen LogP contribution in [0.5, 0.6) is 5.75 Å². The van der Waals surface area contributed by atoms with Crippen LogP contribution in [0, 0.1) is 0 Å². The smallest absolute Gasteiger partial charge is 0.119 e. The molecule has 3 aromatic carbocycles. The van der Waals surface area contributed by atoms with Gasteiger partial charge in [-0.05, 0) is 40.8 Å². The largest absolute Gasteiger partial charge is 0.492 e. The molecule has 0 aromatic heterocycles. The van der Waals surface area contributed by atoms with Crippen LogP contribution in [0.1, 0.15) is 40.5 Å². The van der Waals surface area contributed by atoms with Gasteiger partial charge in [-0.3, -0.25) is 4.90 Å². The van der Waals surface area contributed by atoms with E-state index in [1.165, 1.54) is 6.42 Å². The zero-order valence-electron chi connectivity index (χ0n) is 16.1. The van der Waals surface area contributed by atoms with Crippen LogP contribution >= 0.6 is 0 Å². The third-order valence-corrected chi connectivity index (χ3v) is 7.22. The van der Waals surface area contributed by atoms with Gasteiger partial charge in [0.1, 0.15) is 12.4 Å². The van der Waals surface area contributed by atoms with E-state index < -0.39 is 0 Å². The molecule has 0 amide bonds. The first kappa shape index (κ1) is 16.4. The summed E-state index contributed by atoms with van der Waals surface area (Å²) in [6, 6.07) is 28.6. The number of hydrogen-bond acceptors (Lipinski definition) is 2. The van der Waals surface area contributed by atoms with Crippen LogP contribution in [-0.4, -0.2) is 31.1 Å². The fraction of sp³-hybridized carbons (Fsp3) is 0.308. The summed E-state index contributed by atoms with van der Waals surface area (Å²) in [7, 11) is 0. The van der Waals surface area contributed by atoms with Crippen molar-refractivity contribution in [1.82, 2.24) is 4.90 Å². The predicted octanol–water partition coefficient (Wildman–Crippen LogP) is 4.95. The molecule has 1 saturated heterocycles. The second-order valence-electron chi connectivity index (χ2n) is 8.58. The lowest BCUT2D eigenvalue weighted by molar-refractivity contribution is 0.228. The quantitative estimate of drug-likeness (QED) is 0.647. The van der Waals surface area contributed by atoms with Crippen molar-refractivity contribution in [3.63, 3.8) is 0 Å². The van der Waals surface area contributed by atoms with Crippen LogP contribution in [0.3, 0.4) is 0 Å². The van der Waals surface area contributed by atoms with Crippen LogP contribution in [-0.2, 0) is 5.41 Å². The van der Waals surface area contributed by atoms with Gasteiger partial charge in [-0.25, -0.2) is 0 Å². The minimum Gasteiger partial charge on any atom is -0.492 e. The van der Waals surface area contributed by atoms with E-state index in [0.717, 1.165) is 32.0 Å². The van der Waals surface area contributed by atoms with E-state index >= 15 is 0 Å². The summed E-state index contributed by atoms with van der Waals surface area (Å²) in [6.07, 6.45) is 1.27. The monoisotopic (exact) mass is 367 g/mol. The second kappa shape index (κ2) is 6.22. The lowest BCUT2D eigenvalue weighted by atomic mass is 9.65. The van der Waals surface area contributed by atoms with Gasteiger partial charge in [0.2, 0.25) is 0 Å². The highest BCUT2D eigenvalue weighted by atomic mass is 16.5. The van der Waals surface area contributed by atoms with Gasteiger partial charge in [0.25, 0.3) is 0 Å². The highest BCUT2D eigenvalue weighted by molar-refractivity contribution is 5.58. The van der Waals surface area contributed by atoms with Crippen molar-refractivity contribution in [1.29, 1.82) is 0 Å². The topological polar surface area (TPSA) is 12.5 Å². The molecular formula is C26H25NO. The number of ether oxygens (including phenoxy) is 1. The third-order valence-electron chi connectivity index (χ3n) is 7.22. The lowest BCUT2D eigenvalue weighted by Crippen LogP contribution is -2.35. The molecule has 1 fully saturated rings. The fourth-order valence-corrected chi connectivity index (χ4v) is 6.12. The molecule has 0 saturated carbocycles. The van der Waals surface area contributed by atoms with Crippen molar-refractivity contribution in [2.24, 2.45) is 0 Å². The third kappa shape index (κ3) is 2.31. The fourth-order valence-electron chi connectivity index (χ4n) is 6.12. The van der Waals surface area contributed by atoms with Gasteiger partial charge in [-0.2, -0.15) is 0 Å². The van der Waals surface area contributed by atoms with Gasteiger partial charge in [0.15, 0.2) is 0 Å². The molecule has 1 spiro atoms. The number of benzene rings is 3. The molecule has 1 heterocycles. The Morgan fingerprint density at radius 3 is 2.39 bits per heavy atom. The number of para-hydroxylation sites is 1. The highest BCUT2D eigenvalue weighted by Gasteiger charge is 2.57. The first-order chi connectivity index (χ1) is 13.9. The van der Waals surface area contributed by atoms with Gasteiger partial charge in [0.05, 0.1) is 0 Å². The Morgan fingerprint density at radius 2 is 1.54 bits per heavy atom. The minimum atomic E-state index is 0.280. The average molecular weight is 367 g/mol. The normalized spacial score (nSPS) is 27.1. The summed E-state index contributed by atoms with van der Waals surface area (Å²) >= 11 is 0. The van der Waals surface area contributed by atoms with Crippen molar-refractivity contribution < 1.29 is 4.74 Å². The van der Waals surface area contributed by atoms with Gasteiger partial charge in [-0.1, -0.05) is 66.7 Å². The van der Waals surface area contributed by atoms with Crippen LogP contribution in [0.15, 0.2) is 78.9 Å². The van der Waals surface area contributed by atoms with E-state index in [2.05, 4.69) is 53.4 Å². The molecule has 3 aromatic rings. The maximum atomic E-state index is 6.00. The highest BCUT2D eigenvalue weighted by Crippen LogP contribution is 2.62. The first-order valence-electron chi connectivity index (χ1n) is 10.4. The van der Waals surface area contributed by atoms with E-state index in [1.807, 2.05) is 30.3 Å². The van der Waals surface area contributed by atoms with E-state index in [9.17, 15) is 0 Å². The van der Waals surface area contributed by atoms with Gasteiger partial charge in [0, 0.05) is 36.9 Å². The molecule has 3 unspecified atom stereocenters. The van der Waals surface area contributed by atoms with Crippen LogP contribution < -0.4 is 4.74 Å². The zero-order chi connectivity index (χ0) is 18.6. The summed E-state index contributed by atoms with van der Waals surface area (Å²) in [4.78, 5) is 2.63. The Bertz CT molecular complexity index is 1000. The molecule has 2 bridgehead atoms. The Morgan fingerprint density at radius 1 is 0.821 bits per heavy atom. The van der Waals surface area contributed by atoms with Gasteiger partial charge < -0.3 is 4.74 Å². The Labute approximate surface area is 166 Å². The van der Waals surface area contributed by atoms with E-state index in [-0.39, 0.29) is 5.41 Å². The van der Waals surface area contributed by atoms with Gasteiger partial charge in [-0.15, -0.1) is 0 Å². The Hall–Kier alpha value is -2.58. The zero-order valence-corrected chi connectivity index (χ0v) is 16.1. The van der Waals surface area contributed by atoms with Crippen molar-refractivity contribution in [3.8, 4) is 5.75 Å².